The van der Waals surface area contributed by atoms with Gasteiger partial charge in [-0.2, -0.15) is 0 Å². The van der Waals surface area contributed by atoms with Crippen molar-refractivity contribution in [3.8, 4) is 5.75 Å². The minimum Gasteiger partial charge on any atom is -0.493 e. The van der Waals surface area contributed by atoms with Crippen LogP contribution < -0.4 is 4.74 Å². The Labute approximate surface area is 202 Å². The molecule has 33 heavy (non-hydrogen) atoms. The normalized spacial score (nSPS) is 18.3. The largest absolute Gasteiger partial charge is 0.493 e. The molecule has 3 heteroatoms. The topological polar surface area (TPSA) is 35.5 Å². The van der Waals surface area contributed by atoms with E-state index in [-0.39, 0.29) is 5.97 Å². The molecule has 0 bridgehead atoms. The molecule has 0 heterocycles. The van der Waals surface area contributed by atoms with E-state index in [0.29, 0.717) is 12.5 Å². The maximum Gasteiger partial charge on any atom is 0.330 e. The molecule has 0 spiro atoms. The molecular formula is C30H45O3. The Morgan fingerprint density at radius 2 is 1.48 bits per heavy atom. The Balaban J connectivity index is 1.53. The number of esters is 1. The zero-order chi connectivity index (χ0) is 23.6. The highest BCUT2D eigenvalue weighted by atomic mass is 16.5. The Bertz CT molecular complexity index is 668. The van der Waals surface area contributed by atoms with Gasteiger partial charge in [0.25, 0.3) is 0 Å². The van der Waals surface area contributed by atoms with Crippen LogP contribution in [0, 0.1) is 18.8 Å². The van der Waals surface area contributed by atoms with Crippen molar-refractivity contribution in [3.63, 3.8) is 0 Å². The molecule has 0 unspecified atom stereocenters. The molecule has 2 rings (SSSR count). The lowest BCUT2D eigenvalue weighted by molar-refractivity contribution is -0.137. The van der Waals surface area contributed by atoms with Crippen LogP contribution in [0.15, 0.2) is 43.0 Å². The summed E-state index contributed by atoms with van der Waals surface area (Å²) in [6.45, 7) is 9.03. The van der Waals surface area contributed by atoms with E-state index in [9.17, 15) is 4.79 Å². The van der Waals surface area contributed by atoms with Gasteiger partial charge in [-0.05, 0) is 74.1 Å². The standard InChI is InChI=1S/C30H45O3/c1-3-5-6-7-8-9-10-11-12-24-32-30(31)23-20-27-18-21-29(22-19-27)33-25-28-16-14-26(13-4-2)15-17-28/h4,18-23,26,28H,1-3,5-17,24-25H2/b23-20+. The summed E-state index contributed by atoms with van der Waals surface area (Å²) < 4.78 is 11.3. The Morgan fingerprint density at radius 1 is 0.879 bits per heavy atom. The summed E-state index contributed by atoms with van der Waals surface area (Å²) in [4.78, 5) is 11.9. The van der Waals surface area contributed by atoms with Gasteiger partial charge in [-0.3, -0.25) is 0 Å². The van der Waals surface area contributed by atoms with Crippen LogP contribution in [0.5, 0.6) is 5.75 Å². The van der Waals surface area contributed by atoms with Crippen LogP contribution in [0.4, 0.5) is 0 Å². The molecule has 1 aliphatic carbocycles. The lowest BCUT2D eigenvalue weighted by Crippen LogP contribution is -2.19. The summed E-state index contributed by atoms with van der Waals surface area (Å²) in [6, 6.07) is 7.93. The van der Waals surface area contributed by atoms with Crippen LogP contribution in [-0.2, 0) is 9.53 Å². The summed E-state index contributed by atoms with van der Waals surface area (Å²) in [6.07, 6.45) is 22.4. The lowest BCUT2D eigenvalue weighted by atomic mass is 9.81. The van der Waals surface area contributed by atoms with Crippen molar-refractivity contribution in [2.45, 2.75) is 89.9 Å². The first-order chi connectivity index (χ1) is 16.2. The van der Waals surface area contributed by atoms with Gasteiger partial charge < -0.3 is 9.47 Å². The third kappa shape index (κ3) is 12.7. The van der Waals surface area contributed by atoms with Crippen molar-refractivity contribution in [2.75, 3.05) is 13.2 Å². The fourth-order valence-corrected chi connectivity index (χ4v) is 4.48. The van der Waals surface area contributed by atoms with Crippen LogP contribution in [0.1, 0.15) is 95.5 Å². The van der Waals surface area contributed by atoms with E-state index in [1.54, 1.807) is 6.08 Å². The van der Waals surface area contributed by atoms with E-state index >= 15 is 0 Å². The Morgan fingerprint density at radius 3 is 2.12 bits per heavy atom. The number of hydrogen-bond donors (Lipinski definition) is 0. The molecule has 0 saturated heterocycles. The highest BCUT2D eigenvalue weighted by molar-refractivity contribution is 5.87. The highest BCUT2D eigenvalue weighted by Crippen LogP contribution is 2.31. The Kier molecular flexibility index (Phi) is 14.4. The highest BCUT2D eigenvalue weighted by Gasteiger charge is 2.20. The van der Waals surface area contributed by atoms with Crippen molar-refractivity contribution in [1.29, 1.82) is 0 Å². The summed E-state index contributed by atoms with van der Waals surface area (Å²) in [5.41, 5.74) is 0.975. The molecule has 0 aromatic heterocycles. The first-order valence-corrected chi connectivity index (χ1v) is 13.2. The predicted molar refractivity (Wildman–Crippen MR) is 139 cm³/mol. The average Bonchev–Trinajstić information content (AvgIpc) is 2.84. The van der Waals surface area contributed by atoms with Gasteiger partial charge >= 0.3 is 5.97 Å². The molecule has 1 saturated carbocycles. The first kappa shape index (κ1) is 27.2. The van der Waals surface area contributed by atoms with Gasteiger partial charge in [0, 0.05) is 6.08 Å². The van der Waals surface area contributed by atoms with E-state index in [0.717, 1.165) is 49.5 Å². The fourth-order valence-electron chi connectivity index (χ4n) is 4.48. The molecule has 0 atom stereocenters. The number of ether oxygens (including phenoxy) is 2. The number of carbonyl (C=O) groups is 1. The molecule has 1 aromatic rings. The second-order valence-electron chi connectivity index (χ2n) is 9.47. The van der Waals surface area contributed by atoms with Crippen LogP contribution in [0.3, 0.4) is 0 Å². The van der Waals surface area contributed by atoms with E-state index < -0.39 is 0 Å². The molecule has 183 valence electrons. The maximum absolute atomic E-state index is 11.9. The zero-order valence-corrected chi connectivity index (χ0v) is 20.6. The molecular weight excluding hydrogens is 408 g/mol. The van der Waals surface area contributed by atoms with Crippen LogP contribution in [0.2, 0.25) is 0 Å². The van der Waals surface area contributed by atoms with Gasteiger partial charge in [-0.15, -0.1) is 6.58 Å². The van der Waals surface area contributed by atoms with E-state index in [1.807, 2.05) is 30.3 Å². The quantitative estimate of drug-likeness (QED) is 0.103. The van der Waals surface area contributed by atoms with Crippen LogP contribution in [-0.4, -0.2) is 19.2 Å². The van der Waals surface area contributed by atoms with Gasteiger partial charge in [0.15, 0.2) is 0 Å². The molecule has 0 amide bonds. The summed E-state index contributed by atoms with van der Waals surface area (Å²) >= 11 is 0. The number of unbranched alkanes of at least 4 members (excludes halogenated alkanes) is 8. The minimum absolute atomic E-state index is 0.268. The molecule has 0 aliphatic heterocycles. The van der Waals surface area contributed by atoms with Crippen LogP contribution >= 0.6 is 0 Å². The number of rotatable bonds is 17. The number of benzene rings is 1. The molecule has 3 nitrogen and oxygen atoms in total. The second kappa shape index (κ2) is 17.4. The van der Waals surface area contributed by atoms with E-state index in [1.165, 1.54) is 70.3 Å². The number of carbonyl (C=O) groups excluding carboxylic acids is 1. The van der Waals surface area contributed by atoms with Crippen molar-refractivity contribution in [2.24, 2.45) is 11.8 Å². The monoisotopic (exact) mass is 453 g/mol. The molecule has 1 aliphatic rings. The summed E-state index contributed by atoms with van der Waals surface area (Å²) in [5.74, 6) is 2.10. The van der Waals surface area contributed by atoms with Gasteiger partial charge in [-0.25, -0.2) is 4.79 Å². The second-order valence-corrected chi connectivity index (χ2v) is 9.47. The van der Waals surface area contributed by atoms with E-state index in [2.05, 4.69) is 13.5 Å². The van der Waals surface area contributed by atoms with Crippen molar-refractivity contribution in [3.05, 3.63) is 55.5 Å². The van der Waals surface area contributed by atoms with Crippen molar-refractivity contribution >= 4 is 12.0 Å². The van der Waals surface area contributed by atoms with Crippen molar-refractivity contribution in [1.82, 2.24) is 0 Å². The summed E-state index contributed by atoms with van der Waals surface area (Å²) in [5, 5.41) is 0. The summed E-state index contributed by atoms with van der Waals surface area (Å²) in [7, 11) is 0. The minimum atomic E-state index is -0.268. The average molecular weight is 454 g/mol. The van der Waals surface area contributed by atoms with Gasteiger partial charge in [0.1, 0.15) is 5.75 Å². The van der Waals surface area contributed by atoms with Gasteiger partial charge in [0.2, 0.25) is 0 Å². The van der Waals surface area contributed by atoms with Gasteiger partial charge in [0.05, 0.1) is 13.2 Å². The SMILES string of the molecule is [CH2]CCCCCCCCCCOC(=O)/C=C/c1ccc(OCC2CCC(CC=C)CC2)cc1. The Hall–Kier alpha value is -2.03. The first-order valence-electron chi connectivity index (χ1n) is 13.2. The third-order valence-electron chi connectivity index (χ3n) is 6.63. The zero-order valence-electron chi connectivity index (χ0n) is 20.6. The van der Waals surface area contributed by atoms with Crippen molar-refractivity contribution < 1.29 is 14.3 Å². The molecule has 1 radical (unpaired) electrons. The smallest absolute Gasteiger partial charge is 0.330 e. The number of hydrogen-bond acceptors (Lipinski definition) is 3. The lowest BCUT2D eigenvalue weighted by Gasteiger charge is -2.27. The number of allylic oxidation sites excluding steroid dienone is 1. The van der Waals surface area contributed by atoms with Gasteiger partial charge in [-0.1, -0.05) is 76.5 Å². The third-order valence-corrected chi connectivity index (χ3v) is 6.63. The maximum atomic E-state index is 11.9. The predicted octanol–water partition coefficient (Wildman–Crippen LogP) is 8.35. The molecule has 1 fully saturated rings. The molecule has 1 aromatic carbocycles. The van der Waals surface area contributed by atoms with E-state index in [4.69, 9.17) is 9.47 Å². The fraction of sp³-hybridized carbons (Fsp3) is 0.600. The molecule has 0 N–H and O–H groups in total. The van der Waals surface area contributed by atoms with Crippen LogP contribution in [0.25, 0.3) is 6.08 Å².